The van der Waals surface area contributed by atoms with Crippen molar-refractivity contribution >= 4 is 38.7 Å². The highest BCUT2D eigenvalue weighted by atomic mass is 32.2. The van der Waals surface area contributed by atoms with Crippen molar-refractivity contribution in [3.8, 4) is 0 Å². The number of nitrogens with one attached hydrogen (secondary N) is 1. The molecule has 1 N–H and O–H groups in total. The molecule has 0 saturated carbocycles. The van der Waals surface area contributed by atoms with Gasteiger partial charge >= 0.3 is 0 Å². The average Bonchev–Trinajstić information content (AvgIpc) is 2.59. The highest BCUT2D eigenvalue weighted by Gasteiger charge is 2.18. The van der Waals surface area contributed by atoms with E-state index in [1.807, 2.05) is 0 Å². The van der Waals surface area contributed by atoms with Crippen LogP contribution in [-0.2, 0) is 14.8 Å². The average molecular weight is 353 g/mol. The summed E-state index contributed by atoms with van der Waals surface area (Å²) >= 11 is 0. The molecule has 0 saturated heterocycles. The molecule has 3 aromatic rings. The highest BCUT2D eigenvalue weighted by Crippen LogP contribution is 2.23. The molecular formula is C18H13N2O4S-. The molecule has 0 radical (unpaired) electrons. The molecule has 0 atom stereocenters. The van der Waals surface area contributed by atoms with Gasteiger partial charge in [0.1, 0.15) is 4.90 Å². The number of pyridine rings is 1. The summed E-state index contributed by atoms with van der Waals surface area (Å²) in [5.41, 5.74) is 1.22. The normalized spacial score (nSPS) is 11.7. The van der Waals surface area contributed by atoms with Crippen LogP contribution in [0.4, 0.5) is 5.69 Å². The fraction of sp³-hybridized carbons (Fsp3) is 0. The van der Waals surface area contributed by atoms with Crippen molar-refractivity contribution < 1.29 is 18.3 Å². The second-order valence-electron chi connectivity index (χ2n) is 5.21. The number of rotatable bonds is 5. The zero-order valence-electron chi connectivity index (χ0n) is 12.9. The molecule has 25 heavy (non-hydrogen) atoms. The van der Waals surface area contributed by atoms with Gasteiger partial charge in [-0.25, -0.2) is 8.42 Å². The first-order chi connectivity index (χ1) is 12.0. The summed E-state index contributed by atoms with van der Waals surface area (Å²) in [7, 11) is -3.85. The van der Waals surface area contributed by atoms with Crippen molar-refractivity contribution in [2.75, 3.05) is 4.72 Å². The van der Waals surface area contributed by atoms with Gasteiger partial charge in [-0.3, -0.25) is 9.71 Å². The number of hydrogen-bond acceptors (Lipinski definition) is 5. The van der Waals surface area contributed by atoms with Crippen LogP contribution in [0.2, 0.25) is 0 Å². The maximum absolute atomic E-state index is 12.7. The van der Waals surface area contributed by atoms with Crippen molar-refractivity contribution in [1.82, 2.24) is 4.98 Å². The van der Waals surface area contributed by atoms with Crippen molar-refractivity contribution in [2.45, 2.75) is 4.90 Å². The van der Waals surface area contributed by atoms with Crippen molar-refractivity contribution in [1.29, 1.82) is 0 Å². The van der Waals surface area contributed by atoms with E-state index in [0.717, 1.165) is 11.5 Å². The highest BCUT2D eigenvalue weighted by molar-refractivity contribution is 7.93. The molecule has 0 unspecified atom stereocenters. The molecule has 126 valence electrons. The quantitative estimate of drug-likeness (QED) is 0.705. The molecule has 2 aromatic carbocycles. The first kappa shape index (κ1) is 16.7. The second kappa shape index (κ2) is 6.74. The summed E-state index contributed by atoms with van der Waals surface area (Å²) in [4.78, 5) is 14.7. The molecular weight excluding hydrogens is 340 g/mol. The van der Waals surface area contributed by atoms with Gasteiger partial charge in [-0.15, -0.1) is 0 Å². The molecule has 1 aromatic heterocycles. The maximum Gasteiger partial charge on any atom is 0.264 e. The van der Waals surface area contributed by atoms with Crippen LogP contribution in [0, 0.1) is 0 Å². The van der Waals surface area contributed by atoms with Crippen LogP contribution in [0.3, 0.4) is 0 Å². The SMILES string of the molecule is O=C([O-])/C=C/c1cccc(NS(=O)(=O)c2cccc3cccnc23)c1. The van der Waals surface area contributed by atoms with E-state index >= 15 is 0 Å². The summed E-state index contributed by atoms with van der Waals surface area (Å²) in [5, 5.41) is 11.2. The molecule has 6 nitrogen and oxygen atoms in total. The number of carboxylic acids is 1. The van der Waals surface area contributed by atoms with Gasteiger partial charge in [0.15, 0.2) is 0 Å². The Labute approximate surface area is 144 Å². The van der Waals surface area contributed by atoms with Crippen LogP contribution in [0.1, 0.15) is 5.56 Å². The smallest absolute Gasteiger partial charge is 0.264 e. The molecule has 0 fully saturated rings. The number of hydrogen-bond donors (Lipinski definition) is 1. The number of carboxylic acid groups (broad SMARTS) is 1. The van der Waals surface area contributed by atoms with Crippen LogP contribution < -0.4 is 9.83 Å². The molecule has 0 bridgehead atoms. The van der Waals surface area contributed by atoms with Crippen molar-refractivity contribution in [3.05, 3.63) is 72.4 Å². The molecule has 0 spiro atoms. The second-order valence-corrected chi connectivity index (χ2v) is 6.87. The number of fused-ring (bicyclic) bond motifs is 1. The Balaban J connectivity index is 1.96. The first-order valence-corrected chi connectivity index (χ1v) is 8.80. The third-order valence-electron chi connectivity index (χ3n) is 3.44. The van der Waals surface area contributed by atoms with Crippen molar-refractivity contribution in [3.63, 3.8) is 0 Å². The molecule has 1 heterocycles. The maximum atomic E-state index is 12.7. The third kappa shape index (κ3) is 3.84. The van der Waals surface area contributed by atoms with E-state index in [0.29, 0.717) is 16.8 Å². The number of sulfonamides is 1. The zero-order chi connectivity index (χ0) is 17.9. The van der Waals surface area contributed by atoms with Crippen LogP contribution in [-0.4, -0.2) is 19.4 Å². The van der Waals surface area contributed by atoms with Gasteiger partial charge in [-0.1, -0.05) is 36.4 Å². The number of aromatic nitrogens is 1. The summed E-state index contributed by atoms with van der Waals surface area (Å²) in [6.07, 6.45) is 3.74. The molecule has 3 rings (SSSR count). The van der Waals surface area contributed by atoms with E-state index in [1.165, 1.54) is 24.4 Å². The lowest BCUT2D eigenvalue weighted by atomic mass is 10.2. The minimum Gasteiger partial charge on any atom is -0.545 e. The number of para-hydroxylation sites is 1. The van der Waals surface area contributed by atoms with E-state index in [2.05, 4.69) is 9.71 Å². The number of anilines is 1. The summed E-state index contributed by atoms with van der Waals surface area (Å²) < 4.78 is 27.9. The van der Waals surface area contributed by atoms with Gasteiger partial charge in [0.25, 0.3) is 10.0 Å². The van der Waals surface area contributed by atoms with E-state index in [4.69, 9.17) is 0 Å². The Morgan fingerprint density at radius 2 is 1.84 bits per heavy atom. The van der Waals surface area contributed by atoms with E-state index < -0.39 is 16.0 Å². The largest absolute Gasteiger partial charge is 0.545 e. The molecule has 0 aliphatic heterocycles. The molecule has 0 amide bonds. The number of benzene rings is 2. The van der Waals surface area contributed by atoms with E-state index in [-0.39, 0.29) is 4.90 Å². The monoisotopic (exact) mass is 353 g/mol. The predicted molar refractivity (Wildman–Crippen MR) is 93.0 cm³/mol. The van der Waals surface area contributed by atoms with Crippen LogP contribution in [0.5, 0.6) is 0 Å². The zero-order valence-corrected chi connectivity index (χ0v) is 13.7. The lowest BCUT2D eigenvalue weighted by Crippen LogP contribution is -2.18. The third-order valence-corrected chi connectivity index (χ3v) is 4.85. The molecule has 0 aliphatic carbocycles. The van der Waals surface area contributed by atoms with Gasteiger partial charge in [-0.2, -0.15) is 0 Å². The first-order valence-electron chi connectivity index (χ1n) is 7.31. The fourth-order valence-electron chi connectivity index (χ4n) is 2.37. The standard InChI is InChI=1S/C18H14N2O4S/c21-17(22)10-9-13-4-1-7-15(12-13)20-25(23,24)16-8-2-5-14-6-3-11-19-18(14)16/h1-12,20H,(H,21,22)/p-1/b10-9+. The number of carbonyl (C=O) groups is 1. The van der Waals surface area contributed by atoms with E-state index in [1.54, 1.807) is 42.5 Å². The number of carbonyl (C=O) groups excluding carboxylic acids is 1. The summed E-state index contributed by atoms with van der Waals surface area (Å²) in [6.45, 7) is 0. The predicted octanol–water partition coefficient (Wildman–Crippen LogP) is 1.80. The lowest BCUT2D eigenvalue weighted by molar-refractivity contribution is -0.297. The number of nitrogens with zero attached hydrogens (tertiary/aromatic N) is 1. The van der Waals surface area contributed by atoms with Crippen LogP contribution >= 0.6 is 0 Å². The van der Waals surface area contributed by atoms with Gasteiger partial charge in [0.2, 0.25) is 0 Å². The van der Waals surface area contributed by atoms with Gasteiger partial charge in [0.05, 0.1) is 11.5 Å². The van der Waals surface area contributed by atoms with E-state index in [9.17, 15) is 18.3 Å². The Kier molecular flexibility index (Phi) is 4.49. The topological polar surface area (TPSA) is 99.2 Å². The number of aliphatic carboxylic acids is 1. The lowest BCUT2D eigenvalue weighted by Gasteiger charge is -2.10. The van der Waals surface area contributed by atoms with Gasteiger partial charge in [-0.05, 0) is 35.9 Å². The minimum atomic E-state index is -3.85. The Hall–Kier alpha value is -3.19. The molecule has 7 heteroatoms. The summed E-state index contributed by atoms with van der Waals surface area (Å²) in [5.74, 6) is -1.33. The van der Waals surface area contributed by atoms with Crippen LogP contribution in [0.15, 0.2) is 71.8 Å². The summed E-state index contributed by atoms with van der Waals surface area (Å²) in [6, 6.07) is 14.8. The fourth-order valence-corrected chi connectivity index (χ4v) is 3.60. The Morgan fingerprint density at radius 3 is 2.64 bits per heavy atom. The Morgan fingerprint density at radius 1 is 1.08 bits per heavy atom. The van der Waals surface area contributed by atoms with Crippen LogP contribution in [0.25, 0.3) is 17.0 Å². The molecule has 0 aliphatic rings. The van der Waals surface area contributed by atoms with Gasteiger partial charge in [0, 0.05) is 17.3 Å². The van der Waals surface area contributed by atoms with Gasteiger partial charge < -0.3 is 9.90 Å². The Bertz CT molecular complexity index is 1070. The van der Waals surface area contributed by atoms with Crippen molar-refractivity contribution in [2.24, 2.45) is 0 Å². The minimum absolute atomic E-state index is 0.0706.